The molecular weight excluding hydrogens is 280 g/mol. The molecule has 3 heteroatoms. The number of aryl methyl sites for hydroxylation is 2. The van der Waals surface area contributed by atoms with Crippen molar-refractivity contribution >= 4 is 43.7 Å². The Morgan fingerprint density at radius 2 is 1.83 bits per heavy atom. The van der Waals surface area contributed by atoms with Crippen LogP contribution >= 0.6 is 34.3 Å². The van der Waals surface area contributed by atoms with Crippen LogP contribution in [0.4, 0.5) is 0 Å². The Balaban J connectivity index is 2.00. The van der Waals surface area contributed by atoms with E-state index < -0.39 is 0 Å². The molecule has 0 aliphatic rings. The maximum atomic E-state index is 6.60. The minimum absolute atomic E-state index is 0.0334. The molecule has 0 radical (unpaired) electrons. The molecule has 0 spiro atoms. The zero-order valence-corrected chi connectivity index (χ0v) is 12.6. The second-order valence-electron chi connectivity index (χ2n) is 4.50. The minimum Gasteiger partial charge on any atom is -0.143 e. The fourth-order valence-corrected chi connectivity index (χ4v) is 4.45. The zero-order valence-electron chi connectivity index (χ0n) is 10.2. The molecule has 0 fully saturated rings. The summed E-state index contributed by atoms with van der Waals surface area (Å²) in [6.07, 6.45) is 0. The summed E-state index contributed by atoms with van der Waals surface area (Å²) in [4.78, 5) is 1.24. The van der Waals surface area contributed by atoms with Crippen molar-refractivity contribution < 1.29 is 0 Å². The van der Waals surface area contributed by atoms with E-state index in [1.54, 1.807) is 22.7 Å². The van der Waals surface area contributed by atoms with Crippen molar-refractivity contribution in [3.63, 3.8) is 0 Å². The number of rotatable bonds is 2. The van der Waals surface area contributed by atoms with Gasteiger partial charge < -0.3 is 0 Å². The number of benzene rings is 1. The van der Waals surface area contributed by atoms with Crippen molar-refractivity contribution in [1.29, 1.82) is 0 Å². The Labute approximate surface area is 120 Å². The van der Waals surface area contributed by atoms with E-state index in [0.717, 1.165) is 0 Å². The third-order valence-electron chi connectivity index (χ3n) is 3.23. The summed E-state index contributed by atoms with van der Waals surface area (Å²) < 4.78 is 2.67. The number of thiophene rings is 2. The Bertz CT molecular complexity index is 665. The number of fused-ring (bicyclic) bond motifs is 1. The molecule has 0 aliphatic carbocycles. The zero-order chi connectivity index (χ0) is 12.7. The largest absolute Gasteiger partial charge is 0.143 e. The standard InChI is InChI=1S/C15H13ClS2/c1-9-3-4-11(7-10(9)2)15(16)14-8-13-12(18-14)5-6-17-13/h3-8,15H,1-2H3. The smallest absolute Gasteiger partial charge is 0.0928 e. The molecule has 0 N–H and O–H groups in total. The molecule has 0 nitrogen and oxygen atoms in total. The fraction of sp³-hybridized carbons (Fsp3) is 0.200. The van der Waals surface area contributed by atoms with Gasteiger partial charge in [-0.1, -0.05) is 18.2 Å². The summed E-state index contributed by atoms with van der Waals surface area (Å²) in [5.74, 6) is 0. The highest BCUT2D eigenvalue weighted by atomic mass is 35.5. The Kier molecular flexibility index (Phi) is 3.18. The van der Waals surface area contributed by atoms with E-state index in [1.165, 1.54) is 31.0 Å². The highest BCUT2D eigenvalue weighted by Crippen LogP contribution is 2.39. The summed E-state index contributed by atoms with van der Waals surface area (Å²) >= 11 is 10.2. The highest BCUT2D eigenvalue weighted by Gasteiger charge is 2.15. The van der Waals surface area contributed by atoms with Crippen LogP contribution in [0.2, 0.25) is 0 Å². The van der Waals surface area contributed by atoms with E-state index in [2.05, 4.69) is 49.6 Å². The summed E-state index contributed by atoms with van der Waals surface area (Å²) in [6.45, 7) is 4.26. The van der Waals surface area contributed by atoms with Crippen LogP contribution < -0.4 is 0 Å². The van der Waals surface area contributed by atoms with Crippen molar-refractivity contribution in [3.05, 3.63) is 57.3 Å². The molecule has 0 aliphatic heterocycles. The van der Waals surface area contributed by atoms with Gasteiger partial charge in [-0.2, -0.15) is 0 Å². The third kappa shape index (κ3) is 2.09. The predicted octanol–water partition coefficient (Wildman–Crippen LogP) is 5.91. The first kappa shape index (κ1) is 12.2. The quantitative estimate of drug-likeness (QED) is 0.515. The van der Waals surface area contributed by atoms with Crippen LogP contribution in [0.1, 0.15) is 26.9 Å². The van der Waals surface area contributed by atoms with E-state index in [9.17, 15) is 0 Å². The van der Waals surface area contributed by atoms with Crippen LogP contribution in [0.3, 0.4) is 0 Å². The second kappa shape index (κ2) is 4.69. The average molecular weight is 293 g/mol. The number of alkyl halides is 1. The van der Waals surface area contributed by atoms with E-state index >= 15 is 0 Å². The van der Waals surface area contributed by atoms with Crippen molar-refractivity contribution in [2.75, 3.05) is 0 Å². The van der Waals surface area contributed by atoms with Crippen molar-refractivity contribution in [3.8, 4) is 0 Å². The van der Waals surface area contributed by atoms with Gasteiger partial charge in [0.2, 0.25) is 0 Å². The molecule has 18 heavy (non-hydrogen) atoms. The lowest BCUT2D eigenvalue weighted by atomic mass is 10.0. The number of hydrogen-bond acceptors (Lipinski definition) is 2. The molecule has 2 heterocycles. The van der Waals surface area contributed by atoms with Gasteiger partial charge in [0.15, 0.2) is 0 Å². The van der Waals surface area contributed by atoms with E-state index in [1.807, 2.05) is 0 Å². The van der Waals surface area contributed by atoms with Gasteiger partial charge in [0.05, 0.1) is 5.38 Å². The van der Waals surface area contributed by atoms with Gasteiger partial charge in [0, 0.05) is 14.3 Å². The molecule has 2 aromatic heterocycles. The van der Waals surface area contributed by atoms with Crippen molar-refractivity contribution in [2.45, 2.75) is 19.2 Å². The Morgan fingerprint density at radius 3 is 2.56 bits per heavy atom. The molecule has 0 amide bonds. The van der Waals surface area contributed by atoms with E-state index in [0.29, 0.717) is 0 Å². The first-order chi connectivity index (χ1) is 8.65. The van der Waals surface area contributed by atoms with Crippen molar-refractivity contribution in [2.24, 2.45) is 0 Å². The van der Waals surface area contributed by atoms with Crippen LogP contribution in [0.15, 0.2) is 35.7 Å². The monoisotopic (exact) mass is 292 g/mol. The Hall–Kier alpha value is -0.830. The van der Waals surface area contributed by atoms with E-state index in [-0.39, 0.29) is 5.38 Å². The van der Waals surface area contributed by atoms with Crippen LogP contribution in [0.25, 0.3) is 9.40 Å². The van der Waals surface area contributed by atoms with Gasteiger partial charge in [-0.05, 0) is 48.1 Å². The van der Waals surface area contributed by atoms with Gasteiger partial charge in [-0.25, -0.2) is 0 Å². The Morgan fingerprint density at radius 1 is 1.00 bits per heavy atom. The van der Waals surface area contributed by atoms with Crippen LogP contribution in [0, 0.1) is 13.8 Å². The van der Waals surface area contributed by atoms with Gasteiger partial charge >= 0.3 is 0 Å². The molecule has 3 aromatic rings. The molecule has 1 atom stereocenters. The normalized spacial score (nSPS) is 13.1. The van der Waals surface area contributed by atoms with E-state index in [4.69, 9.17) is 11.6 Å². The van der Waals surface area contributed by atoms with Crippen LogP contribution in [0.5, 0.6) is 0 Å². The number of hydrogen-bond donors (Lipinski definition) is 0. The van der Waals surface area contributed by atoms with Gasteiger partial charge in [0.1, 0.15) is 0 Å². The maximum Gasteiger partial charge on any atom is 0.0928 e. The topological polar surface area (TPSA) is 0 Å². The molecule has 0 bridgehead atoms. The van der Waals surface area contributed by atoms with Crippen LogP contribution in [-0.4, -0.2) is 0 Å². The SMILES string of the molecule is Cc1ccc(C(Cl)c2cc3sccc3s2)cc1C. The molecule has 1 unspecified atom stereocenters. The summed E-state index contributed by atoms with van der Waals surface area (Å²) in [5.41, 5.74) is 3.81. The molecule has 3 rings (SSSR count). The van der Waals surface area contributed by atoms with Crippen LogP contribution in [-0.2, 0) is 0 Å². The summed E-state index contributed by atoms with van der Waals surface area (Å²) in [7, 11) is 0. The molecule has 0 saturated carbocycles. The van der Waals surface area contributed by atoms with Gasteiger partial charge in [0.25, 0.3) is 0 Å². The lowest BCUT2D eigenvalue weighted by molar-refractivity contribution is 1.16. The first-order valence-corrected chi connectivity index (χ1v) is 7.96. The molecule has 0 saturated heterocycles. The maximum absolute atomic E-state index is 6.60. The number of halogens is 1. The summed E-state index contributed by atoms with van der Waals surface area (Å²) in [6, 6.07) is 10.9. The average Bonchev–Trinajstić information content (AvgIpc) is 2.92. The fourth-order valence-electron chi connectivity index (χ4n) is 2.00. The van der Waals surface area contributed by atoms with Gasteiger partial charge in [-0.3, -0.25) is 0 Å². The lowest BCUT2D eigenvalue weighted by Gasteiger charge is -2.10. The lowest BCUT2D eigenvalue weighted by Crippen LogP contribution is -1.92. The first-order valence-electron chi connectivity index (χ1n) is 5.83. The van der Waals surface area contributed by atoms with Gasteiger partial charge in [-0.15, -0.1) is 34.3 Å². The third-order valence-corrected chi connectivity index (χ3v) is 6.01. The highest BCUT2D eigenvalue weighted by molar-refractivity contribution is 7.27. The molecule has 1 aromatic carbocycles. The second-order valence-corrected chi connectivity index (χ2v) is 7.00. The predicted molar refractivity (Wildman–Crippen MR) is 83.3 cm³/mol. The molecular formula is C15H13ClS2. The van der Waals surface area contributed by atoms with Crippen molar-refractivity contribution in [1.82, 2.24) is 0 Å². The minimum atomic E-state index is -0.0334. The molecule has 92 valence electrons. The summed E-state index contributed by atoms with van der Waals surface area (Å²) in [5, 5.41) is 2.10.